The van der Waals surface area contributed by atoms with Crippen LogP contribution in [0.5, 0.6) is 0 Å². The third-order valence-electron chi connectivity index (χ3n) is 8.22. The topological polar surface area (TPSA) is 103 Å². The highest BCUT2D eigenvalue weighted by molar-refractivity contribution is 5.93. The van der Waals surface area contributed by atoms with Crippen molar-refractivity contribution in [3.8, 4) is 11.4 Å². The molecule has 9 nitrogen and oxygen atoms in total. The molecule has 5 rings (SSSR count). The Balaban J connectivity index is 1.32. The van der Waals surface area contributed by atoms with Crippen molar-refractivity contribution in [3.05, 3.63) is 36.2 Å². The van der Waals surface area contributed by atoms with Crippen molar-refractivity contribution >= 4 is 11.8 Å². The van der Waals surface area contributed by atoms with E-state index < -0.39 is 0 Å². The minimum atomic E-state index is -0.265. The van der Waals surface area contributed by atoms with E-state index in [1.54, 1.807) is 18.3 Å². The van der Waals surface area contributed by atoms with Crippen molar-refractivity contribution in [2.75, 3.05) is 19.6 Å². The average molecular weight is 510 g/mol. The predicted octanol–water partition coefficient (Wildman–Crippen LogP) is 3.22. The fourth-order valence-electron chi connectivity index (χ4n) is 5.83. The Labute approximate surface area is 219 Å². The van der Waals surface area contributed by atoms with Crippen LogP contribution in [0, 0.1) is 0 Å². The van der Waals surface area contributed by atoms with Crippen LogP contribution in [0.3, 0.4) is 0 Å². The molecular weight excluding hydrogens is 468 g/mol. The Kier molecular flexibility index (Phi) is 8.38. The summed E-state index contributed by atoms with van der Waals surface area (Å²) in [5, 5.41) is 21.4. The lowest BCUT2D eigenvalue weighted by Crippen LogP contribution is -2.45. The zero-order valence-electron chi connectivity index (χ0n) is 21.8. The lowest BCUT2D eigenvalue weighted by molar-refractivity contribution is -0.896. The highest BCUT2D eigenvalue weighted by Gasteiger charge is 2.29. The number of rotatable bonds is 10. The van der Waals surface area contributed by atoms with Crippen LogP contribution >= 0.6 is 0 Å². The first-order valence-corrected chi connectivity index (χ1v) is 14.2. The number of nitrogens with zero attached hydrogens (tertiary/aromatic N) is 4. The summed E-state index contributed by atoms with van der Waals surface area (Å²) in [7, 11) is 0. The monoisotopic (exact) mass is 509 g/mol. The minimum absolute atomic E-state index is 0.0106. The molecule has 37 heavy (non-hydrogen) atoms. The summed E-state index contributed by atoms with van der Waals surface area (Å²) in [4.78, 5) is 28.7. The van der Waals surface area contributed by atoms with Crippen molar-refractivity contribution < 1.29 is 19.5 Å². The maximum Gasteiger partial charge on any atom is 0.282 e. The first-order chi connectivity index (χ1) is 18.1. The summed E-state index contributed by atoms with van der Waals surface area (Å²) in [6.07, 6.45) is 13.8. The van der Waals surface area contributed by atoms with E-state index >= 15 is 0 Å². The number of aromatic nitrogens is 3. The second-order valence-electron chi connectivity index (χ2n) is 11.0. The van der Waals surface area contributed by atoms with E-state index in [4.69, 9.17) is 5.10 Å². The Morgan fingerprint density at radius 2 is 1.84 bits per heavy atom. The third-order valence-corrected chi connectivity index (χ3v) is 8.22. The summed E-state index contributed by atoms with van der Waals surface area (Å²) in [6, 6.07) is 7.46. The van der Waals surface area contributed by atoms with E-state index in [0.29, 0.717) is 11.4 Å². The quantitative estimate of drug-likeness (QED) is 0.337. The van der Waals surface area contributed by atoms with E-state index in [9.17, 15) is 14.8 Å². The van der Waals surface area contributed by atoms with Gasteiger partial charge in [-0.25, -0.2) is 0 Å². The number of likely N-dealkylation sites (tertiary alicyclic amines) is 1. The molecule has 0 unspecified atom stereocenters. The van der Waals surface area contributed by atoms with Gasteiger partial charge in [0.1, 0.15) is 5.69 Å². The molecule has 3 N–H and O–H groups in total. The number of amides is 2. The van der Waals surface area contributed by atoms with Crippen LogP contribution in [0.2, 0.25) is 0 Å². The number of hydrogen-bond acceptors (Lipinski definition) is 5. The molecule has 2 saturated carbocycles. The van der Waals surface area contributed by atoms with Crippen LogP contribution in [-0.4, -0.2) is 63.4 Å². The molecule has 200 valence electrons. The fraction of sp³-hybridized carbons (Fsp3) is 0.643. The molecule has 1 saturated heterocycles. The highest BCUT2D eigenvalue weighted by Crippen LogP contribution is 2.33. The maximum atomic E-state index is 13.5. The molecule has 9 heteroatoms. The van der Waals surface area contributed by atoms with Crippen LogP contribution in [0.4, 0.5) is 0 Å². The summed E-state index contributed by atoms with van der Waals surface area (Å²) in [6.45, 7) is 3.04. The van der Waals surface area contributed by atoms with E-state index in [2.05, 4.69) is 15.5 Å². The minimum Gasteiger partial charge on any atom is -0.353 e. The molecule has 2 aromatic heterocycles. The van der Waals surface area contributed by atoms with Gasteiger partial charge in [-0.15, -0.1) is 0 Å². The molecule has 3 fully saturated rings. The van der Waals surface area contributed by atoms with Gasteiger partial charge in [-0.1, -0.05) is 19.3 Å². The van der Waals surface area contributed by atoms with Crippen LogP contribution in [0.15, 0.2) is 30.5 Å². The zero-order chi connectivity index (χ0) is 25.6. The Morgan fingerprint density at radius 3 is 2.54 bits per heavy atom. The van der Waals surface area contributed by atoms with Crippen molar-refractivity contribution in [1.29, 1.82) is 0 Å². The largest absolute Gasteiger partial charge is 0.353 e. The normalized spacial score (nSPS) is 19.9. The SMILES string of the molecule is O=C(C[C@H](CCN1CCCCC1)NC(=O)c1cc(-c2cccc[n+]2O)n(C2CCCC2)n1)NC1CCC1. The van der Waals surface area contributed by atoms with Crippen LogP contribution in [0.1, 0.15) is 93.6 Å². The van der Waals surface area contributed by atoms with Gasteiger partial charge in [0.25, 0.3) is 11.6 Å². The molecule has 0 aromatic carbocycles. The molecule has 3 aliphatic rings. The lowest BCUT2D eigenvalue weighted by atomic mass is 9.93. The summed E-state index contributed by atoms with van der Waals surface area (Å²) >= 11 is 0. The molecule has 0 bridgehead atoms. The summed E-state index contributed by atoms with van der Waals surface area (Å²) in [5.41, 5.74) is 1.66. The molecule has 0 radical (unpaired) electrons. The number of nitrogens with one attached hydrogen (secondary N) is 2. The molecule has 3 heterocycles. The zero-order valence-corrected chi connectivity index (χ0v) is 21.8. The lowest BCUT2D eigenvalue weighted by Gasteiger charge is -2.29. The van der Waals surface area contributed by atoms with Gasteiger partial charge >= 0.3 is 0 Å². The van der Waals surface area contributed by atoms with Crippen LogP contribution in [0.25, 0.3) is 11.4 Å². The first kappa shape index (κ1) is 25.7. The van der Waals surface area contributed by atoms with Gasteiger partial charge in [-0.2, -0.15) is 5.10 Å². The highest BCUT2D eigenvalue weighted by atomic mass is 16.5. The van der Waals surface area contributed by atoms with Crippen LogP contribution in [-0.2, 0) is 4.79 Å². The van der Waals surface area contributed by atoms with Crippen LogP contribution < -0.4 is 15.4 Å². The predicted molar refractivity (Wildman–Crippen MR) is 139 cm³/mol. The Hall–Kier alpha value is -2.94. The molecule has 1 atom stereocenters. The van der Waals surface area contributed by atoms with Gasteiger partial charge in [-0.05, 0) is 70.5 Å². The van der Waals surface area contributed by atoms with E-state index in [-0.39, 0.29) is 36.4 Å². The van der Waals surface area contributed by atoms with Crippen molar-refractivity contribution in [3.63, 3.8) is 0 Å². The van der Waals surface area contributed by atoms with Crippen molar-refractivity contribution in [2.24, 2.45) is 0 Å². The van der Waals surface area contributed by atoms with Gasteiger partial charge in [0.15, 0.2) is 5.69 Å². The van der Waals surface area contributed by atoms with Gasteiger partial charge < -0.3 is 15.5 Å². The molecule has 2 aromatic rings. The standard InChI is InChI=1S/C28H40N6O3/c35-27(29-21-9-8-10-21)19-22(14-18-32-15-5-1-6-16-32)30-28(36)24-20-26(25-13-4-7-17-33(25)37)34(31-24)23-11-2-3-12-23/h4,7,13,17,20-23H,1-3,5-6,8-12,14-16,18-19H2,(H2-,29,30,31,35,36,37)/p+1/t22-/m0/s1. The number of piperidine rings is 1. The van der Waals surface area contributed by atoms with Crippen molar-refractivity contribution in [2.45, 2.75) is 95.2 Å². The molecule has 0 spiro atoms. The summed E-state index contributed by atoms with van der Waals surface area (Å²) in [5.74, 6) is -0.255. The molecule has 2 amide bonds. The molecule has 2 aliphatic carbocycles. The Bertz CT molecular complexity index is 1070. The van der Waals surface area contributed by atoms with E-state index in [0.717, 1.165) is 75.0 Å². The fourth-order valence-corrected chi connectivity index (χ4v) is 5.83. The van der Waals surface area contributed by atoms with Gasteiger partial charge in [0.05, 0.1) is 6.04 Å². The second kappa shape index (κ2) is 12.1. The van der Waals surface area contributed by atoms with Gasteiger partial charge in [0.2, 0.25) is 12.1 Å². The number of carbonyl (C=O) groups excluding carboxylic acids is 2. The molecular formula is C28H41N6O3+. The first-order valence-electron chi connectivity index (χ1n) is 14.2. The maximum absolute atomic E-state index is 13.5. The Morgan fingerprint density at radius 1 is 1.05 bits per heavy atom. The number of hydrogen-bond donors (Lipinski definition) is 3. The van der Waals surface area contributed by atoms with E-state index in [1.165, 1.54) is 25.7 Å². The third kappa shape index (κ3) is 6.50. The smallest absolute Gasteiger partial charge is 0.282 e. The van der Waals surface area contributed by atoms with Gasteiger partial charge in [0, 0.05) is 48.0 Å². The number of carbonyl (C=O) groups is 2. The van der Waals surface area contributed by atoms with E-state index in [1.807, 2.05) is 16.8 Å². The average Bonchev–Trinajstić information content (AvgIpc) is 3.56. The number of pyridine rings is 1. The van der Waals surface area contributed by atoms with Gasteiger partial charge in [-0.3, -0.25) is 19.5 Å². The second-order valence-corrected chi connectivity index (χ2v) is 11.0. The van der Waals surface area contributed by atoms with Crippen molar-refractivity contribution in [1.82, 2.24) is 25.3 Å². The summed E-state index contributed by atoms with van der Waals surface area (Å²) < 4.78 is 2.99. The molecule has 1 aliphatic heterocycles.